The molecule has 0 atom stereocenters. The normalized spacial score (nSPS) is 14.6. The molecule has 1 aliphatic carbocycles. The van der Waals surface area contributed by atoms with Gasteiger partial charge in [0.05, 0.1) is 4.48 Å². The van der Waals surface area contributed by atoms with Crippen molar-refractivity contribution in [3.8, 4) is 0 Å². The van der Waals surface area contributed by atoms with E-state index >= 15 is 0 Å². The SMILES string of the molecule is CC(C)(C)c1ccc(C2=C(Br)C(=O)c3ccccc32)cc1. The molecule has 0 aliphatic heterocycles. The zero-order valence-corrected chi connectivity index (χ0v) is 14.0. The average molecular weight is 341 g/mol. The molecule has 0 aromatic heterocycles. The van der Waals surface area contributed by atoms with E-state index < -0.39 is 0 Å². The van der Waals surface area contributed by atoms with E-state index in [2.05, 4.69) is 61.0 Å². The summed E-state index contributed by atoms with van der Waals surface area (Å²) in [4.78, 5) is 12.3. The summed E-state index contributed by atoms with van der Waals surface area (Å²) in [6.45, 7) is 6.60. The standard InChI is InChI=1S/C19H17BrO/c1-19(2,3)13-10-8-12(9-11-13)16-14-6-4-5-7-15(14)18(21)17(16)20/h4-11H,1-3H3. The second-order valence-electron chi connectivity index (χ2n) is 6.39. The molecule has 0 radical (unpaired) electrons. The third-order valence-corrected chi connectivity index (χ3v) is 4.66. The van der Waals surface area contributed by atoms with Gasteiger partial charge in [0.2, 0.25) is 5.78 Å². The predicted octanol–water partition coefficient (Wildman–Crippen LogP) is 5.33. The lowest BCUT2D eigenvalue weighted by molar-refractivity contribution is 0.104. The van der Waals surface area contributed by atoms with E-state index in [0.29, 0.717) is 4.48 Å². The van der Waals surface area contributed by atoms with Gasteiger partial charge in [-0.15, -0.1) is 0 Å². The first-order chi connectivity index (χ1) is 9.89. The summed E-state index contributed by atoms with van der Waals surface area (Å²) in [5.41, 5.74) is 5.29. The number of halogens is 1. The van der Waals surface area contributed by atoms with Crippen molar-refractivity contribution in [2.45, 2.75) is 26.2 Å². The van der Waals surface area contributed by atoms with Gasteiger partial charge in [-0.05, 0) is 38.0 Å². The van der Waals surface area contributed by atoms with Gasteiger partial charge in [-0.3, -0.25) is 4.79 Å². The molecular formula is C19H17BrO. The Morgan fingerprint density at radius 2 is 1.43 bits per heavy atom. The summed E-state index contributed by atoms with van der Waals surface area (Å²) in [6.07, 6.45) is 0. The number of ketones is 1. The topological polar surface area (TPSA) is 17.1 Å². The molecule has 0 heterocycles. The highest BCUT2D eigenvalue weighted by atomic mass is 79.9. The molecule has 0 amide bonds. The Bertz CT molecular complexity index is 746. The average Bonchev–Trinajstić information content (AvgIpc) is 2.71. The van der Waals surface area contributed by atoms with Gasteiger partial charge < -0.3 is 0 Å². The maximum atomic E-state index is 12.3. The van der Waals surface area contributed by atoms with Crippen LogP contribution >= 0.6 is 15.9 Å². The molecule has 21 heavy (non-hydrogen) atoms. The van der Waals surface area contributed by atoms with Crippen LogP contribution in [-0.4, -0.2) is 5.78 Å². The highest BCUT2D eigenvalue weighted by Gasteiger charge is 2.28. The third-order valence-electron chi connectivity index (χ3n) is 3.90. The zero-order chi connectivity index (χ0) is 15.2. The van der Waals surface area contributed by atoms with Crippen LogP contribution in [0.15, 0.2) is 53.0 Å². The van der Waals surface area contributed by atoms with Crippen molar-refractivity contribution >= 4 is 27.3 Å². The minimum Gasteiger partial charge on any atom is -0.288 e. The van der Waals surface area contributed by atoms with Crippen molar-refractivity contribution in [1.82, 2.24) is 0 Å². The lowest BCUT2D eigenvalue weighted by Gasteiger charge is -2.19. The number of carbonyl (C=O) groups excluding carboxylic acids is 1. The second kappa shape index (κ2) is 4.96. The molecule has 106 valence electrons. The molecule has 2 aromatic rings. The fourth-order valence-corrected chi connectivity index (χ4v) is 3.32. The lowest BCUT2D eigenvalue weighted by Crippen LogP contribution is -2.10. The third kappa shape index (κ3) is 2.38. The van der Waals surface area contributed by atoms with Crippen LogP contribution in [0, 0.1) is 0 Å². The molecule has 0 bridgehead atoms. The van der Waals surface area contributed by atoms with E-state index in [9.17, 15) is 4.79 Å². The first kappa shape index (κ1) is 14.3. The summed E-state index contributed by atoms with van der Waals surface area (Å²) >= 11 is 3.48. The van der Waals surface area contributed by atoms with Gasteiger partial charge in [-0.2, -0.15) is 0 Å². The summed E-state index contributed by atoms with van der Waals surface area (Å²) < 4.78 is 0.659. The molecule has 0 unspecified atom stereocenters. The van der Waals surface area contributed by atoms with Gasteiger partial charge >= 0.3 is 0 Å². The van der Waals surface area contributed by atoms with Crippen molar-refractivity contribution in [1.29, 1.82) is 0 Å². The predicted molar refractivity (Wildman–Crippen MR) is 90.9 cm³/mol. The number of benzene rings is 2. The molecule has 1 aliphatic rings. The van der Waals surface area contributed by atoms with E-state index in [1.807, 2.05) is 24.3 Å². The van der Waals surface area contributed by atoms with Crippen LogP contribution in [0.25, 0.3) is 5.57 Å². The molecule has 0 saturated heterocycles. The van der Waals surface area contributed by atoms with E-state index in [1.165, 1.54) is 5.56 Å². The van der Waals surface area contributed by atoms with Gasteiger partial charge in [-0.1, -0.05) is 69.3 Å². The number of allylic oxidation sites excluding steroid dienone is 1. The van der Waals surface area contributed by atoms with Crippen LogP contribution in [-0.2, 0) is 5.41 Å². The van der Waals surface area contributed by atoms with Crippen LogP contribution in [0.1, 0.15) is 47.8 Å². The summed E-state index contributed by atoms with van der Waals surface area (Å²) in [5.74, 6) is 0.0699. The Hall–Kier alpha value is -1.67. The van der Waals surface area contributed by atoms with Crippen molar-refractivity contribution in [3.63, 3.8) is 0 Å². The maximum absolute atomic E-state index is 12.3. The fourth-order valence-electron chi connectivity index (χ4n) is 2.67. The summed E-state index contributed by atoms with van der Waals surface area (Å²) in [5, 5.41) is 0. The number of Topliss-reactive ketones (excluding diaryl/α,β-unsaturated/α-hetero) is 1. The smallest absolute Gasteiger partial charge is 0.201 e. The number of rotatable bonds is 1. The molecular weight excluding hydrogens is 324 g/mol. The molecule has 0 saturated carbocycles. The molecule has 0 fully saturated rings. The quantitative estimate of drug-likeness (QED) is 0.685. The van der Waals surface area contributed by atoms with Gasteiger partial charge in [0, 0.05) is 11.1 Å². The fraction of sp³-hybridized carbons (Fsp3) is 0.211. The Morgan fingerprint density at radius 1 is 0.857 bits per heavy atom. The van der Waals surface area contributed by atoms with E-state index in [0.717, 1.165) is 22.3 Å². The van der Waals surface area contributed by atoms with E-state index in [-0.39, 0.29) is 11.2 Å². The monoisotopic (exact) mass is 340 g/mol. The van der Waals surface area contributed by atoms with Crippen molar-refractivity contribution in [2.24, 2.45) is 0 Å². The van der Waals surface area contributed by atoms with Crippen LogP contribution in [0.4, 0.5) is 0 Å². The van der Waals surface area contributed by atoms with Crippen molar-refractivity contribution in [3.05, 3.63) is 75.3 Å². The minimum atomic E-state index is 0.0699. The Morgan fingerprint density at radius 3 is 2.00 bits per heavy atom. The first-order valence-electron chi connectivity index (χ1n) is 7.04. The van der Waals surface area contributed by atoms with Gasteiger partial charge in [0.25, 0.3) is 0 Å². The van der Waals surface area contributed by atoms with Gasteiger partial charge in [-0.25, -0.2) is 0 Å². The van der Waals surface area contributed by atoms with Gasteiger partial charge in [0.15, 0.2) is 0 Å². The lowest BCUT2D eigenvalue weighted by atomic mass is 9.86. The van der Waals surface area contributed by atoms with Crippen LogP contribution < -0.4 is 0 Å². The zero-order valence-electron chi connectivity index (χ0n) is 12.4. The Balaban J connectivity index is 2.11. The van der Waals surface area contributed by atoms with E-state index in [1.54, 1.807) is 0 Å². The maximum Gasteiger partial charge on any atom is 0.201 e. The van der Waals surface area contributed by atoms with Gasteiger partial charge in [0.1, 0.15) is 0 Å². The number of hydrogen-bond acceptors (Lipinski definition) is 1. The Kier molecular flexibility index (Phi) is 3.37. The molecule has 1 nitrogen and oxygen atoms in total. The second-order valence-corrected chi connectivity index (χ2v) is 7.18. The highest BCUT2D eigenvalue weighted by molar-refractivity contribution is 9.12. The molecule has 2 heteroatoms. The number of fused-ring (bicyclic) bond motifs is 1. The van der Waals surface area contributed by atoms with E-state index in [4.69, 9.17) is 0 Å². The van der Waals surface area contributed by atoms with Crippen molar-refractivity contribution in [2.75, 3.05) is 0 Å². The first-order valence-corrected chi connectivity index (χ1v) is 7.83. The molecule has 2 aromatic carbocycles. The number of carbonyl (C=O) groups is 1. The van der Waals surface area contributed by atoms with Crippen LogP contribution in [0.2, 0.25) is 0 Å². The van der Waals surface area contributed by atoms with Crippen molar-refractivity contribution < 1.29 is 4.79 Å². The van der Waals surface area contributed by atoms with Crippen LogP contribution in [0.5, 0.6) is 0 Å². The largest absolute Gasteiger partial charge is 0.288 e. The molecule has 3 rings (SSSR count). The highest BCUT2D eigenvalue weighted by Crippen LogP contribution is 2.40. The van der Waals surface area contributed by atoms with Crippen LogP contribution in [0.3, 0.4) is 0 Å². The minimum absolute atomic E-state index is 0.0699. The molecule has 0 N–H and O–H groups in total. The Labute approximate surface area is 133 Å². The summed E-state index contributed by atoms with van der Waals surface area (Å²) in [7, 11) is 0. The summed E-state index contributed by atoms with van der Waals surface area (Å²) in [6, 6.07) is 16.3. The molecule has 0 spiro atoms. The number of hydrogen-bond donors (Lipinski definition) is 0.